The van der Waals surface area contributed by atoms with E-state index < -0.39 is 0 Å². The predicted molar refractivity (Wildman–Crippen MR) is 66.3 cm³/mol. The second kappa shape index (κ2) is 9.04. The SMILES string of the molecule is CCCNC(CC)C(C)SCC(=O)OC. The number of hydrogen-bond acceptors (Lipinski definition) is 4. The quantitative estimate of drug-likeness (QED) is 0.651. The molecule has 0 aliphatic heterocycles. The van der Waals surface area contributed by atoms with Gasteiger partial charge >= 0.3 is 5.97 Å². The van der Waals surface area contributed by atoms with Gasteiger partial charge in [-0.3, -0.25) is 4.79 Å². The van der Waals surface area contributed by atoms with E-state index in [0.29, 0.717) is 17.0 Å². The zero-order valence-corrected chi connectivity index (χ0v) is 11.0. The van der Waals surface area contributed by atoms with Gasteiger partial charge in [-0.1, -0.05) is 20.8 Å². The highest BCUT2D eigenvalue weighted by molar-refractivity contribution is 8.00. The van der Waals surface area contributed by atoms with Gasteiger partial charge in [0, 0.05) is 11.3 Å². The molecule has 0 radical (unpaired) electrons. The summed E-state index contributed by atoms with van der Waals surface area (Å²) in [7, 11) is 1.43. The molecule has 0 aromatic heterocycles. The minimum Gasteiger partial charge on any atom is -0.468 e. The Kier molecular flexibility index (Phi) is 8.91. The maximum atomic E-state index is 11.0. The summed E-state index contributed by atoms with van der Waals surface area (Å²) in [4.78, 5) is 11.0. The third-order valence-corrected chi connectivity index (χ3v) is 3.61. The van der Waals surface area contributed by atoms with Crippen LogP contribution in [0.2, 0.25) is 0 Å². The summed E-state index contributed by atoms with van der Waals surface area (Å²) in [5.41, 5.74) is 0. The van der Waals surface area contributed by atoms with Crippen molar-refractivity contribution in [2.45, 2.75) is 44.9 Å². The zero-order chi connectivity index (χ0) is 11.7. The lowest BCUT2D eigenvalue weighted by molar-refractivity contribution is -0.137. The van der Waals surface area contributed by atoms with Gasteiger partial charge in [-0.2, -0.15) is 0 Å². The molecule has 0 spiro atoms. The highest BCUT2D eigenvalue weighted by Crippen LogP contribution is 2.16. The van der Waals surface area contributed by atoms with Crippen LogP contribution >= 0.6 is 11.8 Å². The predicted octanol–water partition coefficient (Wildman–Crippen LogP) is 2.06. The van der Waals surface area contributed by atoms with Gasteiger partial charge in [-0.15, -0.1) is 11.8 Å². The summed E-state index contributed by atoms with van der Waals surface area (Å²) in [6.45, 7) is 7.53. The Morgan fingerprint density at radius 3 is 2.60 bits per heavy atom. The Bertz CT molecular complexity index is 176. The molecular formula is C11H23NO2S. The molecule has 0 heterocycles. The largest absolute Gasteiger partial charge is 0.468 e. The molecule has 0 bridgehead atoms. The van der Waals surface area contributed by atoms with Crippen LogP contribution in [0.3, 0.4) is 0 Å². The second-order valence-corrected chi connectivity index (χ2v) is 4.93. The number of nitrogens with one attached hydrogen (secondary N) is 1. The first-order valence-corrected chi connectivity index (χ1v) is 6.62. The van der Waals surface area contributed by atoms with E-state index in [0.717, 1.165) is 19.4 Å². The number of esters is 1. The van der Waals surface area contributed by atoms with Crippen molar-refractivity contribution in [1.82, 2.24) is 5.32 Å². The Hall–Kier alpha value is -0.220. The number of rotatable bonds is 8. The number of hydrogen-bond donors (Lipinski definition) is 1. The molecule has 2 atom stereocenters. The molecule has 0 aliphatic rings. The van der Waals surface area contributed by atoms with Gasteiger partial charge in [-0.25, -0.2) is 0 Å². The fourth-order valence-corrected chi connectivity index (χ4v) is 2.38. The van der Waals surface area contributed by atoms with Crippen LogP contribution in [-0.2, 0) is 9.53 Å². The van der Waals surface area contributed by atoms with Crippen LogP contribution < -0.4 is 5.32 Å². The van der Waals surface area contributed by atoms with Crippen LogP contribution in [0.25, 0.3) is 0 Å². The summed E-state index contributed by atoms with van der Waals surface area (Å²) < 4.78 is 4.61. The van der Waals surface area contributed by atoms with Crippen molar-refractivity contribution >= 4 is 17.7 Å². The minimum atomic E-state index is -0.141. The van der Waals surface area contributed by atoms with Crippen molar-refractivity contribution in [2.24, 2.45) is 0 Å². The zero-order valence-electron chi connectivity index (χ0n) is 10.2. The highest BCUT2D eigenvalue weighted by Gasteiger charge is 2.16. The average molecular weight is 233 g/mol. The lowest BCUT2D eigenvalue weighted by atomic mass is 10.1. The first-order valence-electron chi connectivity index (χ1n) is 5.57. The fourth-order valence-electron chi connectivity index (χ4n) is 1.35. The molecule has 0 amide bonds. The van der Waals surface area contributed by atoms with Gasteiger partial charge in [0.15, 0.2) is 0 Å². The maximum absolute atomic E-state index is 11.0. The van der Waals surface area contributed by atoms with Gasteiger partial charge in [0.2, 0.25) is 0 Å². The van der Waals surface area contributed by atoms with Crippen LogP contribution in [0, 0.1) is 0 Å². The van der Waals surface area contributed by atoms with Crippen LogP contribution in [0.4, 0.5) is 0 Å². The summed E-state index contributed by atoms with van der Waals surface area (Å²) in [6.07, 6.45) is 2.24. The molecule has 0 saturated carbocycles. The van der Waals surface area contributed by atoms with Crippen molar-refractivity contribution in [3.05, 3.63) is 0 Å². The van der Waals surface area contributed by atoms with Crippen molar-refractivity contribution in [3.8, 4) is 0 Å². The molecule has 90 valence electrons. The average Bonchev–Trinajstić information content (AvgIpc) is 2.26. The van der Waals surface area contributed by atoms with Crippen LogP contribution in [0.1, 0.15) is 33.6 Å². The summed E-state index contributed by atoms with van der Waals surface area (Å²) in [6, 6.07) is 0.486. The standard InChI is InChI=1S/C11H23NO2S/c1-5-7-12-10(6-2)9(3)15-8-11(13)14-4/h9-10,12H,5-8H2,1-4H3. The van der Waals surface area contributed by atoms with E-state index in [2.05, 4.69) is 30.8 Å². The molecule has 0 aromatic rings. The van der Waals surface area contributed by atoms with E-state index in [1.807, 2.05) is 0 Å². The molecule has 0 aromatic carbocycles. The van der Waals surface area contributed by atoms with Crippen molar-refractivity contribution in [1.29, 1.82) is 0 Å². The lowest BCUT2D eigenvalue weighted by Gasteiger charge is -2.23. The number of ether oxygens (including phenoxy) is 1. The topological polar surface area (TPSA) is 38.3 Å². The molecule has 0 fully saturated rings. The van der Waals surface area contributed by atoms with Gasteiger partial charge < -0.3 is 10.1 Å². The third-order valence-electron chi connectivity index (χ3n) is 2.35. The van der Waals surface area contributed by atoms with E-state index in [4.69, 9.17) is 0 Å². The van der Waals surface area contributed by atoms with E-state index in [1.165, 1.54) is 7.11 Å². The van der Waals surface area contributed by atoms with Crippen LogP contribution in [-0.4, -0.2) is 36.7 Å². The smallest absolute Gasteiger partial charge is 0.315 e. The van der Waals surface area contributed by atoms with Crippen LogP contribution in [0.15, 0.2) is 0 Å². The first-order chi connectivity index (χ1) is 7.15. The van der Waals surface area contributed by atoms with E-state index in [1.54, 1.807) is 11.8 Å². The molecular weight excluding hydrogens is 210 g/mol. The maximum Gasteiger partial charge on any atom is 0.315 e. The van der Waals surface area contributed by atoms with E-state index in [9.17, 15) is 4.79 Å². The number of methoxy groups -OCH3 is 1. The number of thioether (sulfide) groups is 1. The molecule has 0 aliphatic carbocycles. The van der Waals surface area contributed by atoms with Gasteiger partial charge in [0.05, 0.1) is 12.9 Å². The molecule has 2 unspecified atom stereocenters. The second-order valence-electron chi connectivity index (χ2n) is 3.56. The third kappa shape index (κ3) is 6.79. The Labute approximate surface area is 97.3 Å². The van der Waals surface area contributed by atoms with Crippen LogP contribution in [0.5, 0.6) is 0 Å². The summed E-state index contributed by atoms with van der Waals surface area (Å²) in [5.74, 6) is 0.305. The van der Waals surface area contributed by atoms with Gasteiger partial charge in [-0.05, 0) is 19.4 Å². The lowest BCUT2D eigenvalue weighted by Crippen LogP contribution is -2.37. The molecule has 4 heteroatoms. The summed E-state index contributed by atoms with van der Waals surface area (Å²) in [5, 5.41) is 3.93. The fraction of sp³-hybridized carbons (Fsp3) is 0.909. The Balaban J connectivity index is 3.81. The Morgan fingerprint density at radius 2 is 2.13 bits per heavy atom. The van der Waals surface area contributed by atoms with Crippen molar-refractivity contribution in [2.75, 3.05) is 19.4 Å². The van der Waals surface area contributed by atoms with E-state index in [-0.39, 0.29) is 5.97 Å². The Morgan fingerprint density at radius 1 is 1.47 bits per heavy atom. The van der Waals surface area contributed by atoms with Gasteiger partial charge in [0.1, 0.15) is 0 Å². The van der Waals surface area contributed by atoms with E-state index >= 15 is 0 Å². The van der Waals surface area contributed by atoms with Crippen molar-refractivity contribution in [3.63, 3.8) is 0 Å². The minimum absolute atomic E-state index is 0.141. The first kappa shape index (κ1) is 14.8. The molecule has 15 heavy (non-hydrogen) atoms. The number of carbonyl (C=O) groups excluding carboxylic acids is 1. The normalized spacial score (nSPS) is 14.7. The summed E-state index contributed by atoms with van der Waals surface area (Å²) >= 11 is 1.66. The molecule has 3 nitrogen and oxygen atoms in total. The number of carbonyl (C=O) groups is 1. The molecule has 1 N–H and O–H groups in total. The highest BCUT2D eigenvalue weighted by atomic mass is 32.2. The van der Waals surface area contributed by atoms with Gasteiger partial charge in [0.25, 0.3) is 0 Å². The monoisotopic (exact) mass is 233 g/mol. The van der Waals surface area contributed by atoms with Crippen molar-refractivity contribution < 1.29 is 9.53 Å². The molecule has 0 saturated heterocycles. The molecule has 0 rings (SSSR count).